The monoisotopic (exact) mass is 279 g/mol. The number of halogens is 2. The fraction of sp³-hybridized carbons (Fsp3) is 0.364. The number of aromatic hydroxyl groups is 2. The Morgan fingerprint density at radius 2 is 2.06 bits per heavy atom. The van der Waals surface area contributed by atoms with Gasteiger partial charge in [0.15, 0.2) is 11.5 Å². The van der Waals surface area contributed by atoms with Crippen LogP contribution >= 0.6 is 12.4 Å². The van der Waals surface area contributed by atoms with Crippen LogP contribution in [0.3, 0.4) is 0 Å². The molecule has 0 aromatic heterocycles. The molecule has 0 spiro atoms. The minimum absolute atomic E-state index is 0. The van der Waals surface area contributed by atoms with Crippen LogP contribution in [0.15, 0.2) is 18.2 Å². The molecule has 5 nitrogen and oxygen atoms in total. The molecule has 1 aromatic rings. The minimum Gasteiger partial charge on any atom is -0.504 e. The van der Waals surface area contributed by atoms with Crippen molar-refractivity contribution in [3.63, 3.8) is 0 Å². The Bertz CT molecular complexity index is 416. The van der Waals surface area contributed by atoms with Crippen molar-refractivity contribution in [2.24, 2.45) is 5.73 Å². The Morgan fingerprint density at radius 1 is 1.44 bits per heavy atom. The number of carbonyl (C=O) groups excluding carboxylic acids is 1. The highest BCUT2D eigenvalue weighted by atomic mass is 35.5. The van der Waals surface area contributed by atoms with E-state index in [2.05, 4.69) is 4.74 Å². The quantitative estimate of drug-likeness (QED) is 0.572. The standard InChI is InChI=1S/C11H14FNO4.ClH/c1-2-17-11(16)9(12)10(13)6-3-4-7(14)8(15)5-6;/h3-5,9-10,14-15H,2,13H2,1H3;1H/t9?,10-;/m1./s1. The molecule has 7 heteroatoms. The molecule has 0 aliphatic carbocycles. The van der Waals surface area contributed by atoms with Gasteiger partial charge in [-0.1, -0.05) is 6.07 Å². The van der Waals surface area contributed by atoms with Crippen LogP contribution in [0.1, 0.15) is 18.5 Å². The van der Waals surface area contributed by atoms with Gasteiger partial charge in [-0.2, -0.15) is 0 Å². The molecule has 102 valence electrons. The van der Waals surface area contributed by atoms with Gasteiger partial charge in [0, 0.05) is 0 Å². The maximum atomic E-state index is 13.6. The first-order chi connectivity index (χ1) is 7.97. The van der Waals surface area contributed by atoms with Crippen molar-refractivity contribution in [3.05, 3.63) is 23.8 Å². The van der Waals surface area contributed by atoms with Crippen LogP contribution in [0.25, 0.3) is 0 Å². The lowest BCUT2D eigenvalue weighted by atomic mass is 10.0. The Kier molecular flexibility index (Phi) is 6.43. The minimum atomic E-state index is -2.01. The van der Waals surface area contributed by atoms with Crippen molar-refractivity contribution in [1.82, 2.24) is 0 Å². The van der Waals surface area contributed by atoms with Crippen molar-refractivity contribution in [2.75, 3.05) is 6.61 Å². The van der Waals surface area contributed by atoms with E-state index in [0.717, 1.165) is 6.07 Å². The van der Waals surface area contributed by atoms with Crippen LogP contribution in [0.5, 0.6) is 11.5 Å². The maximum Gasteiger partial charge on any atom is 0.342 e. The predicted octanol–water partition coefficient (Wildman–Crippen LogP) is 1.42. The van der Waals surface area contributed by atoms with E-state index in [9.17, 15) is 14.3 Å². The Labute approximate surface area is 110 Å². The van der Waals surface area contributed by atoms with E-state index in [0.29, 0.717) is 0 Å². The van der Waals surface area contributed by atoms with E-state index < -0.39 is 23.9 Å². The fourth-order valence-corrected chi connectivity index (χ4v) is 1.29. The van der Waals surface area contributed by atoms with Crippen LogP contribution in [0.4, 0.5) is 4.39 Å². The van der Waals surface area contributed by atoms with Gasteiger partial charge < -0.3 is 20.7 Å². The summed E-state index contributed by atoms with van der Waals surface area (Å²) in [4.78, 5) is 11.1. The van der Waals surface area contributed by atoms with Gasteiger partial charge in [0.25, 0.3) is 0 Å². The van der Waals surface area contributed by atoms with Gasteiger partial charge in [-0.05, 0) is 24.6 Å². The molecule has 1 rings (SSSR count). The average molecular weight is 280 g/mol. The molecular weight excluding hydrogens is 265 g/mol. The van der Waals surface area contributed by atoms with Crippen molar-refractivity contribution >= 4 is 18.4 Å². The van der Waals surface area contributed by atoms with Gasteiger partial charge >= 0.3 is 5.97 Å². The molecule has 0 amide bonds. The fourth-order valence-electron chi connectivity index (χ4n) is 1.29. The molecule has 0 bridgehead atoms. The number of ether oxygens (including phenoxy) is 1. The lowest BCUT2D eigenvalue weighted by Crippen LogP contribution is -2.31. The summed E-state index contributed by atoms with van der Waals surface area (Å²) in [7, 11) is 0. The highest BCUT2D eigenvalue weighted by Crippen LogP contribution is 2.28. The topological polar surface area (TPSA) is 92.8 Å². The van der Waals surface area contributed by atoms with Crippen molar-refractivity contribution in [3.8, 4) is 11.5 Å². The second-order valence-electron chi connectivity index (χ2n) is 3.43. The molecule has 0 saturated carbocycles. The third-order valence-electron chi connectivity index (χ3n) is 2.21. The predicted molar refractivity (Wildman–Crippen MR) is 65.5 cm³/mol. The summed E-state index contributed by atoms with van der Waals surface area (Å²) in [5.74, 6) is -1.81. The lowest BCUT2D eigenvalue weighted by Gasteiger charge is -2.16. The molecule has 0 saturated heterocycles. The number of phenols is 2. The molecule has 0 fully saturated rings. The summed E-state index contributed by atoms with van der Waals surface area (Å²) in [6, 6.07) is 2.35. The average Bonchev–Trinajstić information content (AvgIpc) is 2.31. The Hall–Kier alpha value is -1.53. The first kappa shape index (κ1) is 16.5. The van der Waals surface area contributed by atoms with Crippen LogP contribution in [-0.2, 0) is 9.53 Å². The zero-order valence-electron chi connectivity index (χ0n) is 9.67. The summed E-state index contributed by atoms with van der Waals surface area (Å²) >= 11 is 0. The zero-order chi connectivity index (χ0) is 13.0. The third-order valence-corrected chi connectivity index (χ3v) is 2.21. The Balaban J connectivity index is 0.00000289. The van der Waals surface area contributed by atoms with E-state index in [4.69, 9.17) is 10.8 Å². The molecule has 1 aromatic carbocycles. The van der Waals surface area contributed by atoms with E-state index in [1.165, 1.54) is 12.1 Å². The summed E-state index contributed by atoms with van der Waals surface area (Å²) < 4.78 is 18.0. The van der Waals surface area contributed by atoms with E-state index in [1.807, 2.05) is 0 Å². The zero-order valence-corrected chi connectivity index (χ0v) is 10.5. The molecule has 1 unspecified atom stereocenters. The summed E-state index contributed by atoms with van der Waals surface area (Å²) in [6.45, 7) is 1.62. The van der Waals surface area contributed by atoms with E-state index in [-0.39, 0.29) is 30.3 Å². The number of hydrogen-bond acceptors (Lipinski definition) is 5. The number of phenolic OH excluding ortho intramolecular Hbond substituents is 2. The van der Waals surface area contributed by atoms with Crippen molar-refractivity contribution in [1.29, 1.82) is 0 Å². The number of alkyl halides is 1. The van der Waals surface area contributed by atoms with Crippen molar-refractivity contribution in [2.45, 2.75) is 19.1 Å². The summed E-state index contributed by atoms with van der Waals surface area (Å²) in [5.41, 5.74) is 5.72. The normalized spacial score (nSPS) is 13.3. The van der Waals surface area contributed by atoms with E-state index in [1.54, 1.807) is 6.92 Å². The first-order valence-electron chi connectivity index (χ1n) is 5.05. The van der Waals surface area contributed by atoms with Gasteiger partial charge in [0.2, 0.25) is 6.17 Å². The number of rotatable bonds is 4. The van der Waals surface area contributed by atoms with Crippen LogP contribution in [-0.4, -0.2) is 29.0 Å². The van der Waals surface area contributed by atoms with Gasteiger partial charge in [-0.15, -0.1) is 12.4 Å². The molecule has 18 heavy (non-hydrogen) atoms. The lowest BCUT2D eigenvalue weighted by molar-refractivity contribution is -0.149. The van der Waals surface area contributed by atoms with Gasteiger partial charge in [-0.25, -0.2) is 9.18 Å². The largest absolute Gasteiger partial charge is 0.504 e. The number of carbonyl (C=O) groups is 1. The summed E-state index contributed by atoms with van der Waals surface area (Å²) in [6.07, 6.45) is -2.01. The molecular formula is C11H15ClFNO4. The molecule has 0 heterocycles. The molecule has 2 atom stereocenters. The maximum absolute atomic E-state index is 13.6. The number of hydrogen-bond donors (Lipinski definition) is 3. The van der Waals surface area contributed by atoms with Gasteiger partial charge in [-0.3, -0.25) is 0 Å². The Morgan fingerprint density at radius 3 is 2.56 bits per heavy atom. The second-order valence-corrected chi connectivity index (χ2v) is 3.43. The van der Waals surface area contributed by atoms with Gasteiger partial charge in [0.05, 0.1) is 12.6 Å². The first-order valence-corrected chi connectivity index (χ1v) is 5.05. The van der Waals surface area contributed by atoms with Crippen LogP contribution in [0.2, 0.25) is 0 Å². The van der Waals surface area contributed by atoms with E-state index >= 15 is 0 Å². The number of benzene rings is 1. The number of esters is 1. The second kappa shape index (κ2) is 7.03. The molecule has 0 aliphatic rings. The highest BCUT2D eigenvalue weighted by molar-refractivity contribution is 5.85. The van der Waals surface area contributed by atoms with Crippen LogP contribution in [0, 0.1) is 0 Å². The third kappa shape index (κ3) is 3.75. The van der Waals surface area contributed by atoms with Crippen molar-refractivity contribution < 1.29 is 24.1 Å². The highest BCUT2D eigenvalue weighted by Gasteiger charge is 2.28. The SMILES string of the molecule is CCOC(=O)C(F)[C@H](N)c1ccc(O)c(O)c1.Cl. The molecule has 0 aliphatic heterocycles. The molecule has 0 radical (unpaired) electrons. The smallest absolute Gasteiger partial charge is 0.342 e. The van der Waals surface area contributed by atoms with Gasteiger partial charge in [0.1, 0.15) is 0 Å². The van der Waals surface area contributed by atoms with Crippen LogP contribution < -0.4 is 5.73 Å². The molecule has 4 N–H and O–H groups in total. The summed E-state index contributed by atoms with van der Waals surface area (Å²) in [5, 5.41) is 18.3. The number of nitrogens with two attached hydrogens (primary N) is 1.